The lowest BCUT2D eigenvalue weighted by Gasteiger charge is -2.26. The molecule has 3 heteroatoms. The number of rotatable bonds is 4. The predicted molar refractivity (Wildman–Crippen MR) is 64.1 cm³/mol. The Labute approximate surface area is 96.8 Å². The lowest BCUT2D eigenvalue weighted by Crippen LogP contribution is -2.28. The Morgan fingerprint density at radius 3 is 2.81 bits per heavy atom. The summed E-state index contributed by atoms with van der Waals surface area (Å²) in [5.74, 6) is 1.16. The number of carbonyl (C=O) groups excluding carboxylic acids is 1. The third-order valence-electron chi connectivity index (χ3n) is 3.35. The van der Waals surface area contributed by atoms with Crippen molar-refractivity contribution in [2.75, 3.05) is 13.6 Å². The van der Waals surface area contributed by atoms with Gasteiger partial charge in [-0.05, 0) is 37.4 Å². The van der Waals surface area contributed by atoms with Crippen molar-refractivity contribution in [2.45, 2.75) is 32.2 Å². The first kappa shape index (κ1) is 11.4. The molecule has 0 bridgehead atoms. The molecule has 0 amide bonds. The van der Waals surface area contributed by atoms with Crippen molar-refractivity contribution in [1.29, 1.82) is 0 Å². The molecule has 1 aromatic rings. The molecule has 1 aromatic heterocycles. The third kappa shape index (κ3) is 3.20. The second-order valence-corrected chi connectivity index (χ2v) is 4.90. The van der Waals surface area contributed by atoms with Gasteiger partial charge < -0.3 is 9.88 Å². The third-order valence-corrected chi connectivity index (χ3v) is 3.35. The SMILES string of the molecule is CN(Cc1cc[nH]c1)CC1CCC(=O)CC1. The Bertz CT molecular complexity index is 322. The van der Waals surface area contributed by atoms with E-state index in [9.17, 15) is 4.79 Å². The average Bonchev–Trinajstić information content (AvgIpc) is 2.74. The minimum atomic E-state index is 0.449. The molecule has 0 atom stereocenters. The molecule has 0 spiro atoms. The van der Waals surface area contributed by atoms with Crippen LogP contribution >= 0.6 is 0 Å². The van der Waals surface area contributed by atoms with Gasteiger partial charge in [0.25, 0.3) is 0 Å². The molecule has 1 heterocycles. The van der Waals surface area contributed by atoms with Gasteiger partial charge in [-0.2, -0.15) is 0 Å². The molecule has 0 radical (unpaired) electrons. The number of H-pyrrole nitrogens is 1. The van der Waals surface area contributed by atoms with Crippen LogP contribution in [-0.2, 0) is 11.3 Å². The van der Waals surface area contributed by atoms with Crippen LogP contribution in [0.4, 0.5) is 0 Å². The van der Waals surface area contributed by atoms with Crippen molar-refractivity contribution in [3.63, 3.8) is 0 Å². The first-order chi connectivity index (χ1) is 7.74. The van der Waals surface area contributed by atoms with Crippen molar-refractivity contribution in [3.05, 3.63) is 24.0 Å². The second kappa shape index (κ2) is 5.30. The van der Waals surface area contributed by atoms with Crippen LogP contribution in [0, 0.1) is 5.92 Å². The monoisotopic (exact) mass is 220 g/mol. The van der Waals surface area contributed by atoms with Crippen LogP contribution in [0.5, 0.6) is 0 Å². The van der Waals surface area contributed by atoms with E-state index in [-0.39, 0.29) is 0 Å². The number of nitrogens with one attached hydrogen (secondary N) is 1. The lowest BCUT2D eigenvalue weighted by molar-refractivity contribution is -0.121. The van der Waals surface area contributed by atoms with Crippen LogP contribution in [0.15, 0.2) is 18.5 Å². The number of aromatic nitrogens is 1. The number of carbonyl (C=O) groups is 1. The topological polar surface area (TPSA) is 36.1 Å². The van der Waals surface area contributed by atoms with Crippen molar-refractivity contribution in [2.24, 2.45) is 5.92 Å². The van der Waals surface area contributed by atoms with Gasteiger partial charge in [-0.25, -0.2) is 0 Å². The van der Waals surface area contributed by atoms with E-state index >= 15 is 0 Å². The van der Waals surface area contributed by atoms with Crippen LogP contribution in [0.3, 0.4) is 0 Å². The Morgan fingerprint density at radius 1 is 1.44 bits per heavy atom. The highest BCUT2D eigenvalue weighted by Crippen LogP contribution is 2.22. The van der Waals surface area contributed by atoms with Gasteiger partial charge >= 0.3 is 0 Å². The molecule has 0 unspecified atom stereocenters. The molecule has 1 aliphatic rings. The van der Waals surface area contributed by atoms with Crippen LogP contribution in [0.2, 0.25) is 0 Å². The van der Waals surface area contributed by atoms with E-state index < -0.39 is 0 Å². The summed E-state index contributed by atoms with van der Waals surface area (Å²) in [6.07, 6.45) is 7.75. The molecular formula is C13H20N2O. The van der Waals surface area contributed by atoms with E-state index in [4.69, 9.17) is 0 Å². The van der Waals surface area contributed by atoms with E-state index in [1.807, 2.05) is 12.4 Å². The summed E-state index contributed by atoms with van der Waals surface area (Å²) < 4.78 is 0. The summed E-state index contributed by atoms with van der Waals surface area (Å²) in [5.41, 5.74) is 1.33. The predicted octanol–water partition coefficient (Wildman–Crippen LogP) is 2.21. The normalized spacial score (nSPS) is 18.2. The van der Waals surface area contributed by atoms with Gasteiger partial charge in [0.05, 0.1) is 0 Å². The minimum absolute atomic E-state index is 0.449. The molecule has 1 saturated carbocycles. The largest absolute Gasteiger partial charge is 0.367 e. The first-order valence-electron chi connectivity index (χ1n) is 6.06. The highest BCUT2D eigenvalue weighted by molar-refractivity contribution is 5.79. The van der Waals surface area contributed by atoms with Gasteiger partial charge in [-0.3, -0.25) is 4.79 Å². The van der Waals surface area contributed by atoms with E-state index in [0.717, 1.165) is 38.8 Å². The fraction of sp³-hybridized carbons (Fsp3) is 0.615. The van der Waals surface area contributed by atoms with Crippen molar-refractivity contribution >= 4 is 5.78 Å². The number of nitrogens with zero attached hydrogens (tertiary/aromatic N) is 1. The van der Waals surface area contributed by atoms with Gasteiger partial charge in [0.1, 0.15) is 5.78 Å². The van der Waals surface area contributed by atoms with Gasteiger partial charge in [0.2, 0.25) is 0 Å². The van der Waals surface area contributed by atoms with Gasteiger partial charge in [-0.1, -0.05) is 0 Å². The molecule has 1 N–H and O–H groups in total. The van der Waals surface area contributed by atoms with E-state index in [0.29, 0.717) is 11.7 Å². The average molecular weight is 220 g/mol. The summed E-state index contributed by atoms with van der Waals surface area (Å²) in [5, 5.41) is 0. The summed E-state index contributed by atoms with van der Waals surface area (Å²) in [6, 6.07) is 2.11. The van der Waals surface area contributed by atoms with Crippen molar-refractivity contribution < 1.29 is 4.79 Å². The number of Topliss-reactive ketones (excluding diaryl/α,β-unsaturated/α-hetero) is 1. The quantitative estimate of drug-likeness (QED) is 0.844. The van der Waals surface area contributed by atoms with Crippen LogP contribution in [-0.4, -0.2) is 29.3 Å². The van der Waals surface area contributed by atoms with Gasteiger partial charge in [0, 0.05) is 38.3 Å². The Kier molecular flexibility index (Phi) is 3.78. The first-order valence-corrected chi connectivity index (χ1v) is 6.06. The molecule has 0 aromatic carbocycles. The number of hydrogen-bond acceptors (Lipinski definition) is 2. The molecule has 3 nitrogen and oxygen atoms in total. The zero-order valence-corrected chi connectivity index (χ0v) is 9.91. The van der Waals surface area contributed by atoms with E-state index in [1.54, 1.807) is 0 Å². The number of ketones is 1. The summed E-state index contributed by atoms with van der Waals surface area (Å²) in [4.78, 5) is 16.6. The smallest absolute Gasteiger partial charge is 0.132 e. The lowest BCUT2D eigenvalue weighted by atomic mass is 9.88. The fourth-order valence-electron chi connectivity index (χ4n) is 2.46. The van der Waals surface area contributed by atoms with Crippen LogP contribution < -0.4 is 0 Å². The molecule has 16 heavy (non-hydrogen) atoms. The minimum Gasteiger partial charge on any atom is -0.367 e. The maximum atomic E-state index is 11.1. The van der Waals surface area contributed by atoms with Crippen LogP contribution in [0.25, 0.3) is 0 Å². The van der Waals surface area contributed by atoms with E-state index in [1.165, 1.54) is 5.56 Å². The standard InChI is InChI=1S/C13H20N2O/c1-15(10-12-6-7-14-8-12)9-11-2-4-13(16)5-3-11/h6-8,11,14H,2-5,9-10H2,1H3. The molecule has 1 aliphatic carbocycles. The molecule has 0 aliphatic heterocycles. The summed E-state index contributed by atoms with van der Waals surface area (Å²) in [7, 11) is 2.16. The summed E-state index contributed by atoms with van der Waals surface area (Å²) in [6.45, 7) is 2.10. The number of hydrogen-bond donors (Lipinski definition) is 1. The van der Waals surface area contributed by atoms with Crippen molar-refractivity contribution in [3.8, 4) is 0 Å². The Morgan fingerprint density at radius 2 is 2.19 bits per heavy atom. The molecule has 0 saturated heterocycles. The maximum absolute atomic E-state index is 11.1. The highest BCUT2D eigenvalue weighted by Gasteiger charge is 2.19. The van der Waals surface area contributed by atoms with Crippen LogP contribution in [0.1, 0.15) is 31.2 Å². The van der Waals surface area contributed by atoms with Gasteiger partial charge in [0.15, 0.2) is 0 Å². The molecule has 88 valence electrons. The number of aromatic amines is 1. The van der Waals surface area contributed by atoms with Gasteiger partial charge in [-0.15, -0.1) is 0 Å². The van der Waals surface area contributed by atoms with Crippen molar-refractivity contribution in [1.82, 2.24) is 9.88 Å². The molecule has 2 rings (SSSR count). The second-order valence-electron chi connectivity index (χ2n) is 4.90. The highest BCUT2D eigenvalue weighted by atomic mass is 16.1. The molecular weight excluding hydrogens is 200 g/mol. The summed E-state index contributed by atoms with van der Waals surface area (Å²) >= 11 is 0. The zero-order chi connectivity index (χ0) is 11.4. The molecule has 1 fully saturated rings. The van der Waals surface area contributed by atoms with E-state index in [2.05, 4.69) is 23.0 Å². The Hall–Kier alpha value is -1.09. The Balaban J connectivity index is 1.74. The fourth-order valence-corrected chi connectivity index (χ4v) is 2.46. The zero-order valence-electron chi connectivity index (χ0n) is 9.91. The maximum Gasteiger partial charge on any atom is 0.132 e.